The second kappa shape index (κ2) is 13.5. The topological polar surface area (TPSA) is 96.0 Å². The van der Waals surface area contributed by atoms with Crippen molar-refractivity contribution in [3.8, 4) is 5.75 Å². The van der Waals surface area contributed by atoms with E-state index in [9.17, 15) is 18.0 Å². The van der Waals surface area contributed by atoms with Crippen molar-refractivity contribution < 1.29 is 22.7 Å². The summed E-state index contributed by atoms with van der Waals surface area (Å²) in [5.41, 5.74) is 0.741. The molecular weight excluding hydrogens is 549 g/mol. The van der Waals surface area contributed by atoms with Crippen LogP contribution in [0.2, 0.25) is 10.0 Å². The van der Waals surface area contributed by atoms with Crippen LogP contribution in [-0.4, -0.2) is 56.6 Å². The maximum atomic E-state index is 13.5. The summed E-state index contributed by atoms with van der Waals surface area (Å²) in [5.74, 6) is -0.0685. The number of nitrogens with zero attached hydrogens (tertiary/aromatic N) is 2. The smallest absolute Gasteiger partial charge is 0.243 e. The fourth-order valence-corrected chi connectivity index (χ4v) is 5.31. The van der Waals surface area contributed by atoms with Crippen molar-refractivity contribution in [3.63, 3.8) is 0 Å². The van der Waals surface area contributed by atoms with Gasteiger partial charge in [0.1, 0.15) is 11.8 Å². The molecule has 8 nitrogen and oxygen atoms in total. The number of nitrogens with one attached hydrogen (secondary N) is 1. The van der Waals surface area contributed by atoms with Gasteiger partial charge in [0.25, 0.3) is 0 Å². The minimum absolute atomic E-state index is 0.0444. The molecule has 2 aromatic carbocycles. The predicted octanol–water partition coefficient (Wildman–Crippen LogP) is 5.27. The average Bonchev–Trinajstić information content (AvgIpc) is 2.80. The number of carbonyl (C=O) groups is 2. The van der Waals surface area contributed by atoms with Gasteiger partial charge in [-0.3, -0.25) is 13.9 Å². The zero-order valence-electron chi connectivity index (χ0n) is 22.8. The lowest BCUT2D eigenvalue weighted by Crippen LogP contribution is -2.53. The SMILES string of the molecule is CCC(C(=O)NC(C)(C)C)N(Cc1ccc(Cl)cc1)C(=O)CCCN(c1ccc(OC)c(Cl)c1)S(C)(=O)=O. The Morgan fingerprint density at radius 2 is 1.71 bits per heavy atom. The molecule has 0 aliphatic carbocycles. The lowest BCUT2D eigenvalue weighted by molar-refractivity contribution is -0.142. The van der Waals surface area contributed by atoms with Gasteiger partial charge in [0, 0.05) is 30.1 Å². The Balaban J connectivity index is 2.25. The fourth-order valence-electron chi connectivity index (χ4n) is 3.97. The first kappa shape index (κ1) is 31.7. The van der Waals surface area contributed by atoms with Gasteiger partial charge in [-0.25, -0.2) is 8.42 Å². The molecule has 0 fully saturated rings. The van der Waals surface area contributed by atoms with Crippen LogP contribution in [0.5, 0.6) is 5.75 Å². The van der Waals surface area contributed by atoms with E-state index in [0.717, 1.165) is 11.8 Å². The molecule has 0 aliphatic rings. The maximum Gasteiger partial charge on any atom is 0.243 e. The molecular formula is C27H37Cl2N3O5S. The molecule has 11 heteroatoms. The van der Waals surface area contributed by atoms with Crippen LogP contribution in [0.4, 0.5) is 5.69 Å². The van der Waals surface area contributed by atoms with Crippen LogP contribution in [-0.2, 0) is 26.2 Å². The quantitative estimate of drug-likeness (QED) is 0.366. The summed E-state index contributed by atoms with van der Waals surface area (Å²) in [6, 6.07) is 11.1. The Labute approximate surface area is 236 Å². The van der Waals surface area contributed by atoms with Gasteiger partial charge >= 0.3 is 0 Å². The van der Waals surface area contributed by atoms with Crippen LogP contribution in [0, 0.1) is 0 Å². The first-order valence-electron chi connectivity index (χ1n) is 12.3. The molecule has 0 saturated heterocycles. The van der Waals surface area contributed by atoms with Gasteiger partial charge in [0.05, 0.1) is 24.1 Å². The normalized spacial score (nSPS) is 12.5. The second-order valence-electron chi connectivity index (χ2n) is 10.1. The van der Waals surface area contributed by atoms with E-state index in [2.05, 4.69) is 5.32 Å². The standard InChI is InChI=1S/C27H37Cl2N3O5S/c1-7-23(26(34)30-27(2,3)4)31(18-19-10-12-20(28)13-11-19)25(33)9-8-16-32(38(6,35)36)21-14-15-24(37-5)22(29)17-21/h10-15,17,23H,7-9,16,18H2,1-6H3,(H,30,34). The van der Waals surface area contributed by atoms with E-state index in [1.807, 2.05) is 39.8 Å². The van der Waals surface area contributed by atoms with Crippen molar-refractivity contribution in [2.45, 2.75) is 65.1 Å². The summed E-state index contributed by atoms with van der Waals surface area (Å²) in [6.45, 7) is 7.79. The number of sulfonamides is 1. The minimum atomic E-state index is -3.65. The number of amides is 2. The van der Waals surface area contributed by atoms with Crippen LogP contribution in [0.3, 0.4) is 0 Å². The Bertz CT molecular complexity index is 1210. The summed E-state index contributed by atoms with van der Waals surface area (Å²) in [5, 5.41) is 3.82. The molecule has 1 atom stereocenters. The summed E-state index contributed by atoms with van der Waals surface area (Å²) >= 11 is 12.2. The van der Waals surface area contributed by atoms with Crippen LogP contribution >= 0.6 is 23.2 Å². The Hall–Kier alpha value is -2.49. The second-order valence-corrected chi connectivity index (χ2v) is 12.8. The molecule has 2 rings (SSSR count). The highest BCUT2D eigenvalue weighted by Gasteiger charge is 2.30. The van der Waals surface area contributed by atoms with Gasteiger partial charge in [-0.15, -0.1) is 0 Å². The van der Waals surface area contributed by atoms with Crippen LogP contribution < -0.4 is 14.4 Å². The Morgan fingerprint density at radius 3 is 2.21 bits per heavy atom. The van der Waals surface area contributed by atoms with E-state index in [1.165, 1.54) is 17.5 Å². The zero-order valence-corrected chi connectivity index (χ0v) is 25.1. The number of rotatable bonds is 12. The van der Waals surface area contributed by atoms with E-state index in [1.54, 1.807) is 29.2 Å². The largest absolute Gasteiger partial charge is 0.495 e. The molecule has 0 aromatic heterocycles. The third-order valence-corrected chi connectivity index (χ3v) is 7.47. The van der Waals surface area contributed by atoms with Crippen molar-refractivity contribution in [2.75, 3.05) is 24.2 Å². The number of methoxy groups -OCH3 is 1. The molecule has 0 heterocycles. The molecule has 1 unspecified atom stereocenters. The first-order chi connectivity index (χ1) is 17.7. The molecule has 2 amide bonds. The molecule has 1 N–H and O–H groups in total. The van der Waals surface area contributed by atoms with E-state index in [-0.39, 0.29) is 42.8 Å². The molecule has 0 saturated carbocycles. The maximum absolute atomic E-state index is 13.5. The summed E-state index contributed by atoms with van der Waals surface area (Å²) in [7, 11) is -2.17. The molecule has 38 heavy (non-hydrogen) atoms. The number of halogens is 2. The van der Waals surface area contributed by atoms with Gasteiger partial charge in [-0.2, -0.15) is 0 Å². The molecule has 0 bridgehead atoms. The van der Waals surface area contributed by atoms with Crippen molar-refractivity contribution >= 4 is 50.7 Å². The fraction of sp³-hybridized carbons (Fsp3) is 0.481. The van der Waals surface area contributed by atoms with Crippen molar-refractivity contribution in [1.29, 1.82) is 0 Å². The summed E-state index contributed by atoms with van der Waals surface area (Å²) in [4.78, 5) is 28.2. The van der Waals surface area contributed by atoms with Crippen molar-refractivity contribution in [3.05, 3.63) is 58.1 Å². The van der Waals surface area contributed by atoms with Gasteiger partial charge in [-0.1, -0.05) is 42.3 Å². The van der Waals surface area contributed by atoms with E-state index >= 15 is 0 Å². The van der Waals surface area contributed by atoms with Gasteiger partial charge in [0.2, 0.25) is 21.8 Å². The minimum Gasteiger partial charge on any atom is -0.495 e. The first-order valence-corrected chi connectivity index (χ1v) is 14.9. The van der Waals surface area contributed by atoms with Crippen LogP contribution in [0.1, 0.15) is 52.5 Å². The van der Waals surface area contributed by atoms with Gasteiger partial charge in [-0.05, 0) is 69.5 Å². The summed E-state index contributed by atoms with van der Waals surface area (Å²) in [6.07, 6.45) is 1.80. The number of hydrogen-bond acceptors (Lipinski definition) is 5. The Kier molecular flexibility index (Phi) is 11.3. The molecule has 0 spiro atoms. The summed E-state index contributed by atoms with van der Waals surface area (Å²) < 4.78 is 31.4. The number of benzene rings is 2. The number of carbonyl (C=O) groups excluding carboxylic acids is 2. The zero-order chi connectivity index (χ0) is 28.7. The van der Waals surface area contributed by atoms with E-state index < -0.39 is 21.6 Å². The average molecular weight is 587 g/mol. The molecule has 210 valence electrons. The molecule has 2 aromatic rings. The van der Waals surface area contributed by atoms with Gasteiger partial charge < -0.3 is 15.0 Å². The lowest BCUT2D eigenvalue weighted by atomic mass is 10.0. The van der Waals surface area contributed by atoms with Gasteiger partial charge in [0.15, 0.2) is 0 Å². The number of ether oxygens (including phenoxy) is 1. The van der Waals surface area contributed by atoms with Crippen LogP contribution in [0.25, 0.3) is 0 Å². The molecule has 0 radical (unpaired) electrons. The van der Waals surface area contributed by atoms with E-state index in [0.29, 0.717) is 22.9 Å². The highest BCUT2D eigenvalue weighted by Crippen LogP contribution is 2.30. The number of hydrogen-bond donors (Lipinski definition) is 1. The monoisotopic (exact) mass is 585 g/mol. The lowest BCUT2D eigenvalue weighted by Gasteiger charge is -2.33. The van der Waals surface area contributed by atoms with E-state index in [4.69, 9.17) is 27.9 Å². The highest BCUT2D eigenvalue weighted by atomic mass is 35.5. The van der Waals surface area contributed by atoms with Crippen molar-refractivity contribution in [2.24, 2.45) is 0 Å². The highest BCUT2D eigenvalue weighted by molar-refractivity contribution is 7.92. The third-order valence-electron chi connectivity index (χ3n) is 5.73. The van der Waals surface area contributed by atoms with Crippen molar-refractivity contribution in [1.82, 2.24) is 10.2 Å². The molecule has 0 aliphatic heterocycles. The number of anilines is 1. The Morgan fingerprint density at radius 1 is 1.08 bits per heavy atom. The third kappa shape index (κ3) is 9.36. The van der Waals surface area contributed by atoms with Crippen LogP contribution in [0.15, 0.2) is 42.5 Å². The predicted molar refractivity (Wildman–Crippen MR) is 153 cm³/mol.